The fraction of sp³-hybridized carbons (Fsp3) is 0.231. The van der Waals surface area contributed by atoms with Gasteiger partial charge in [-0.25, -0.2) is 8.78 Å². The second-order valence-electron chi connectivity index (χ2n) is 4.36. The Bertz CT molecular complexity index is 632. The van der Waals surface area contributed by atoms with Crippen LogP contribution in [0.25, 0.3) is 0 Å². The van der Waals surface area contributed by atoms with Gasteiger partial charge in [-0.3, -0.25) is 10.1 Å². The summed E-state index contributed by atoms with van der Waals surface area (Å²) in [5, 5.41) is 13.1. The molecule has 0 aliphatic heterocycles. The van der Waals surface area contributed by atoms with Crippen molar-refractivity contribution in [3.8, 4) is 0 Å². The summed E-state index contributed by atoms with van der Waals surface area (Å²) in [6.45, 7) is 3.42. The molecule has 20 heavy (non-hydrogen) atoms. The first kappa shape index (κ1) is 14.0. The van der Waals surface area contributed by atoms with E-state index in [9.17, 15) is 18.9 Å². The number of rotatable bonds is 4. The highest BCUT2D eigenvalue weighted by Gasteiger charge is 2.19. The number of hydrogen-bond donors (Lipinski definition) is 1. The number of nitrogens with zero attached hydrogens (tertiary/aromatic N) is 1. The number of aryl methyl sites for hydroxylation is 1. The SMILES string of the molecule is Cc1ccc(C(C)Nc2c(F)cc([N+](=O)[O-])cc2F)o1. The highest BCUT2D eigenvalue weighted by atomic mass is 19.1. The molecule has 1 heterocycles. The molecule has 0 saturated carbocycles. The van der Waals surface area contributed by atoms with Crippen LogP contribution in [0.2, 0.25) is 0 Å². The lowest BCUT2D eigenvalue weighted by molar-refractivity contribution is -0.385. The average Bonchev–Trinajstić information content (AvgIpc) is 2.80. The molecule has 0 saturated heterocycles. The van der Waals surface area contributed by atoms with E-state index in [1.165, 1.54) is 0 Å². The van der Waals surface area contributed by atoms with E-state index in [1.54, 1.807) is 26.0 Å². The molecule has 0 aliphatic rings. The van der Waals surface area contributed by atoms with Crippen molar-refractivity contribution >= 4 is 11.4 Å². The van der Waals surface area contributed by atoms with Gasteiger partial charge in [0.2, 0.25) is 0 Å². The van der Waals surface area contributed by atoms with Crippen molar-refractivity contribution in [2.45, 2.75) is 19.9 Å². The standard InChI is InChI=1S/C13H12F2N2O3/c1-7-3-4-12(20-7)8(2)16-13-10(14)5-9(17(18)19)6-11(13)15/h3-6,8,16H,1-2H3. The molecule has 1 atom stereocenters. The van der Waals surface area contributed by atoms with Crippen LogP contribution in [-0.2, 0) is 0 Å². The second-order valence-corrected chi connectivity index (χ2v) is 4.36. The Morgan fingerprint density at radius 3 is 2.35 bits per heavy atom. The maximum atomic E-state index is 13.7. The fourth-order valence-corrected chi connectivity index (χ4v) is 1.78. The van der Waals surface area contributed by atoms with Gasteiger partial charge in [0.05, 0.1) is 23.1 Å². The molecule has 0 bridgehead atoms. The van der Waals surface area contributed by atoms with Gasteiger partial charge in [0.1, 0.15) is 17.2 Å². The summed E-state index contributed by atoms with van der Waals surface area (Å²) >= 11 is 0. The number of anilines is 1. The third-order valence-corrected chi connectivity index (χ3v) is 2.79. The van der Waals surface area contributed by atoms with E-state index in [2.05, 4.69) is 5.32 Å². The molecule has 7 heteroatoms. The first-order chi connectivity index (χ1) is 9.38. The van der Waals surface area contributed by atoms with Gasteiger partial charge in [-0.1, -0.05) is 0 Å². The first-order valence-electron chi connectivity index (χ1n) is 5.85. The molecule has 106 valence electrons. The van der Waals surface area contributed by atoms with Gasteiger partial charge < -0.3 is 9.73 Å². The molecule has 0 radical (unpaired) electrons. The lowest BCUT2D eigenvalue weighted by atomic mass is 10.2. The van der Waals surface area contributed by atoms with Crippen LogP contribution in [0.4, 0.5) is 20.2 Å². The van der Waals surface area contributed by atoms with Crippen molar-refractivity contribution in [3.05, 3.63) is 57.5 Å². The van der Waals surface area contributed by atoms with Crippen molar-refractivity contribution < 1.29 is 18.1 Å². The summed E-state index contributed by atoms with van der Waals surface area (Å²) in [6, 6.07) is 4.29. The van der Waals surface area contributed by atoms with Gasteiger partial charge in [-0.15, -0.1) is 0 Å². The third-order valence-electron chi connectivity index (χ3n) is 2.79. The van der Waals surface area contributed by atoms with Crippen molar-refractivity contribution in [1.82, 2.24) is 0 Å². The van der Waals surface area contributed by atoms with Crippen molar-refractivity contribution in [1.29, 1.82) is 0 Å². The summed E-state index contributed by atoms with van der Waals surface area (Å²) in [4.78, 5) is 9.65. The molecule has 0 amide bonds. The number of hydrogen-bond acceptors (Lipinski definition) is 4. The Balaban J connectivity index is 2.27. The summed E-state index contributed by atoms with van der Waals surface area (Å²) < 4.78 is 32.8. The van der Waals surface area contributed by atoms with Crippen LogP contribution in [0, 0.1) is 28.7 Å². The summed E-state index contributed by atoms with van der Waals surface area (Å²) in [5.41, 5.74) is -1.05. The third kappa shape index (κ3) is 2.76. The number of nitro groups is 1. The van der Waals surface area contributed by atoms with Crippen molar-refractivity contribution in [2.75, 3.05) is 5.32 Å². The number of nitrogens with one attached hydrogen (secondary N) is 1. The maximum absolute atomic E-state index is 13.7. The molecule has 1 aromatic heterocycles. The van der Waals surface area contributed by atoms with E-state index in [1.807, 2.05) is 0 Å². The average molecular weight is 282 g/mol. The van der Waals surface area contributed by atoms with Gasteiger partial charge in [0.15, 0.2) is 11.6 Å². The number of halogens is 2. The lowest BCUT2D eigenvalue weighted by Gasteiger charge is -2.14. The lowest BCUT2D eigenvalue weighted by Crippen LogP contribution is -2.09. The van der Waals surface area contributed by atoms with Gasteiger partial charge in [0.25, 0.3) is 5.69 Å². The summed E-state index contributed by atoms with van der Waals surface area (Å²) in [7, 11) is 0. The maximum Gasteiger partial charge on any atom is 0.275 e. The Morgan fingerprint density at radius 1 is 1.30 bits per heavy atom. The van der Waals surface area contributed by atoms with Gasteiger partial charge >= 0.3 is 0 Å². The largest absolute Gasteiger partial charge is 0.464 e. The Hall–Kier alpha value is -2.44. The Labute approximate surface area is 113 Å². The topological polar surface area (TPSA) is 68.3 Å². The van der Waals surface area contributed by atoms with Crippen LogP contribution in [0.3, 0.4) is 0 Å². The van der Waals surface area contributed by atoms with Crippen LogP contribution in [-0.4, -0.2) is 4.92 Å². The molecular weight excluding hydrogens is 270 g/mol. The normalized spacial score (nSPS) is 12.2. The highest BCUT2D eigenvalue weighted by Crippen LogP contribution is 2.28. The minimum absolute atomic E-state index is 0.419. The number of furan rings is 1. The zero-order valence-corrected chi connectivity index (χ0v) is 10.8. The number of nitro benzene ring substituents is 1. The van der Waals surface area contributed by atoms with E-state index in [0.29, 0.717) is 23.7 Å². The van der Waals surface area contributed by atoms with Crippen LogP contribution >= 0.6 is 0 Å². The Morgan fingerprint density at radius 2 is 1.90 bits per heavy atom. The quantitative estimate of drug-likeness (QED) is 0.681. The van der Waals surface area contributed by atoms with Gasteiger partial charge in [-0.2, -0.15) is 0 Å². The minimum Gasteiger partial charge on any atom is -0.464 e. The van der Waals surface area contributed by atoms with Crippen molar-refractivity contribution in [2.24, 2.45) is 0 Å². The van der Waals surface area contributed by atoms with Gasteiger partial charge in [0, 0.05) is 0 Å². The van der Waals surface area contributed by atoms with E-state index in [-0.39, 0.29) is 0 Å². The molecule has 0 spiro atoms. The predicted octanol–water partition coefficient (Wildman–Crippen LogP) is 3.95. The van der Waals surface area contributed by atoms with E-state index < -0.39 is 34.0 Å². The Kier molecular flexibility index (Phi) is 3.69. The predicted molar refractivity (Wildman–Crippen MR) is 68.5 cm³/mol. The van der Waals surface area contributed by atoms with E-state index >= 15 is 0 Å². The van der Waals surface area contributed by atoms with Crippen LogP contribution in [0.15, 0.2) is 28.7 Å². The molecular formula is C13H12F2N2O3. The highest BCUT2D eigenvalue weighted by molar-refractivity contribution is 5.52. The molecule has 2 aromatic rings. The van der Waals surface area contributed by atoms with Crippen molar-refractivity contribution in [3.63, 3.8) is 0 Å². The monoisotopic (exact) mass is 282 g/mol. The zero-order valence-electron chi connectivity index (χ0n) is 10.8. The number of non-ortho nitro benzene ring substituents is 1. The molecule has 2 rings (SSSR count). The molecule has 1 aromatic carbocycles. The van der Waals surface area contributed by atoms with E-state index in [4.69, 9.17) is 4.42 Å². The fourth-order valence-electron chi connectivity index (χ4n) is 1.78. The first-order valence-corrected chi connectivity index (χ1v) is 5.85. The summed E-state index contributed by atoms with van der Waals surface area (Å²) in [5.74, 6) is -0.850. The molecule has 1 unspecified atom stereocenters. The molecule has 5 nitrogen and oxygen atoms in total. The van der Waals surface area contributed by atoms with Gasteiger partial charge in [-0.05, 0) is 26.0 Å². The zero-order chi connectivity index (χ0) is 14.9. The van der Waals surface area contributed by atoms with Crippen LogP contribution < -0.4 is 5.32 Å². The van der Waals surface area contributed by atoms with Crippen LogP contribution in [0.5, 0.6) is 0 Å². The minimum atomic E-state index is -1.02. The smallest absolute Gasteiger partial charge is 0.275 e. The summed E-state index contributed by atoms with van der Waals surface area (Å²) in [6.07, 6.45) is 0. The van der Waals surface area contributed by atoms with Crippen LogP contribution in [0.1, 0.15) is 24.5 Å². The second kappa shape index (κ2) is 5.28. The van der Waals surface area contributed by atoms with E-state index in [0.717, 1.165) is 0 Å². The molecule has 0 aliphatic carbocycles. The molecule has 1 N–H and O–H groups in total. The number of benzene rings is 1. The molecule has 0 fully saturated rings.